The second kappa shape index (κ2) is 13.4. The van der Waals surface area contributed by atoms with E-state index in [1.807, 2.05) is 16.3 Å². The largest absolute Gasteiger partial charge is 0.469 e. The lowest BCUT2D eigenvalue weighted by Gasteiger charge is -2.15. The Morgan fingerprint density at radius 1 is 1.27 bits per heavy atom. The highest BCUT2D eigenvalue weighted by molar-refractivity contribution is 7.99. The first kappa shape index (κ1) is 26.1. The average molecular weight is 444 g/mol. The van der Waals surface area contributed by atoms with Crippen molar-refractivity contribution in [2.75, 3.05) is 31.5 Å². The molecular formula is C19H33N5O5S. The minimum Gasteiger partial charge on any atom is -0.469 e. The van der Waals surface area contributed by atoms with Crippen molar-refractivity contribution >= 4 is 34.7 Å². The molecule has 2 rings (SSSR count). The number of hydrogen-bond donors (Lipinski definition) is 3. The normalized spacial score (nSPS) is 12.3. The molecule has 0 radical (unpaired) electrons. The lowest BCUT2D eigenvalue weighted by Crippen LogP contribution is -2.17. The number of thioether (sulfide) groups is 1. The van der Waals surface area contributed by atoms with Crippen LogP contribution in [0.2, 0.25) is 0 Å². The maximum absolute atomic E-state index is 11.0. The number of esters is 1. The van der Waals surface area contributed by atoms with Crippen molar-refractivity contribution in [2.45, 2.75) is 58.0 Å². The van der Waals surface area contributed by atoms with Crippen LogP contribution in [0, 0.1) is 0 Å². The molecule has 0 spiro atoms. The quantitative estimate of drug-likeness (QED) is 0.266. The molecule has 11 heteroatoms. The molecule has 0 saturated carbocycles. The van der Waals surface area contributed by atoms with Crippen LogP contribution in [0.3, 0.4) is 0 Å². The number of aromatic nitrogens is 4. The molecule has 1 unspecified atom stereocenters. The molecule has 1 atom stereocenters. The average Bonchev–Trinajstić information content (AvgIpc) is 3.09. The predicted molar refractivity (Wildman–Crippen MR) is 117 cm³/mol. The number of aryl methyl sites for hydroxylation is 1. The lowest BCUT2D eigenvalue weighted by molar-refractivity contribution is -0.140. The highest BCUT2D eigenvalue weighted by atomic mass is 32.2. The highest BCUT2D eigenvalue weighted by Gasteiger charge is 2.11. The number of nitrogen functional groups attached to an aromatic ring is 1. The fourth-order valence-corrected chi connectivity index (χ4v) is 3.55. The number of anilines is 1. The number of unbranched alkanes of at least 4 members (excludes halogenated alkanes) is 1. The standard InChI is InChI=1S/C16H25N5O3S.C3H8O2/c1-23-12(9-25-8-4-3-5-13(22)24-2)6-7-21-11-20-14-15(17)18-10-19-16(14)21;1-3(2,4)5/h10-12H,3-9H2,1-2H3,(H2,17,18,19);4-5H,1-2H3. The van der Waals surface area contributed by atoms with Gasteiger partial charge in [-0.3, -0.25) is 4.79 Å². The van der Waals surface area contributed by atoms with Crippen LogP contribution >= 0.6 is 11.8 Å². The second-order valence-corrected chi connectivity index (χ2v) is 8.27. The van der Waals surface area contributed by atoms with Gasteiger partial charge in [-0.25, -0.2) is 15.0 Å². The Morgan fingerprint density at radius 2 is 1.97 bits per heavy atom. The summed E-state index contributed by atoms with van der Waals surface area (Å²) in [5.74, 6) is 0.680. The summed E-state index contributed by atoms with van der Waals surface area (Å²) in [6, 6.07) is 0. The first-order valence-electron chi connectivity index (χ1n) is 9.69. The Hall–Kier alpha value is -1.95. The van der Waals surface area contributed by atoms with E-state index in [0.717, 1.165) is 43.0 Å². The van der Waals surface area contributed by atoms with Crippen molar-refractivity contribution in [3.8, 4) is 0 Å². The lowest BCUT2D eigenvalue weighted by atomic mass is 10.2. The van der Waals surface area contributed by atoms with Crippen LogP contribution in [-0.2, 0) is 20.8 Å². The Kier molecular flexibility index (Phi) is 11.6. The van der Waals surface area contributed by atoms with Crippen LogP contribution in [0.25, 0.3) is 11.2 Å². The zero-order chi connectivity index (χ0) is 22.6. The Morgan fingerprint density at radius 3 is 2.60 bits per heavy atom. The van der Waals surface area contributed by atoms with E-state index in [0.29, 0.717) is 17.8 Å². The molecule has 0 bridgehead atoms. The number of nitrogens with zero attached hydrogens (tertiary/aromatic N) is 4. The highest BCUT2D eigenvalue weighted by Crippen LogP contribution is 2.17. The molecule has 4 N–H and O–H groups in total. The third-order valence-electron chi connectivity index (χ3n) is 3.91. The van der Waals surface area contributed by atoms with Crippen LogP contribution in [-0.4, -0.2) is 73.3 Å². The summed E-state index contributed by atoms with van der Waals surface area (Å²) < 4.78 is 12.2. The molecule has 10 nitrogen and oxygen atoms in total. The molecule has 0 aromatic carbocycles. The third-order valence-corrected chi connectivity index (χ3v) is 5.09. The van der Waals surface area contributed by atoms with Crippen molar-refractivity contribution < 1.29 is 24.5 Å². The fraction of sp³-hybridized carbons (Fsp3) is 0.684. The molecule has 2 heterocycles. The number of rotatable bonds is 11. The molecule has 0 amide bonds. The van der Waals surface area contributed by atoms with E-state index in [9.17, 15) is 4.79 Å². The number of aliphatic hydroxyl groups is 2. The Labute approximate surface area is 181 Å². The maximum atomic E-state index is 11.0. The van der Waals surface area contributed by atoms with E-state index in [2.05, 4.69) is 19.7 Å². The van der Waals surface area contributed by atoms with Gasteiger partial charge in [0.05, 0.1) is 19.5 Å². The maximum Gasteiger partial charge on any atom is 0.305 e. The number of methoxy groups -OCH3 is 2. The minimum absolute atomic E-state index is 0.142. The van der Waals surface area contributed by atoms with Crippen LogP contribution in [0.15, 0.2) is 12.7 Å². The first-order chi connectivity index (χ1) is 14.2. The van der Waals surface area contributed by atoms with E-state index < -0.39 is 5.79 Å². The summed E-state index contributed by atoms with van der Waals surface area (Å²) in [6.45, 7) is 3.36. The smallest absolute Gasteiger partial charge is 0.305 e. The van der Waals surface area contributed by atoms with Crippen LogP contribution < -0.4 is 5.73 Å². The number of imidazole rings is 1. The van der Waals surface area contributed by atoms with E-state index in [4.69, 9.17) is 20.7 Å². The van der Waals surface area contributed by atoms with Crippen molar-refractivity contribution in [2.24, 2.45) is 0 Å². The van der Waals surface area contributed by atoms with Gasteiger partial charge in [0.15, 0.2) is 17.3 Å². The van der Waals surface area contributed by atoms with Gasteiger partial charge in [-0.1, -0.05) is 0 Å². The third kappa shape index (κ3) is 10.7. The second-order valence-electron chi connectivity index (χ2n) is 7.12. The SMILES string of the molecule is CC(C)(O)O.COC(=O)CCCCSCC(CCn1cnc2c(N)ncnc21)OC. The number of fused-ring (bicyclic) bond motifs is 1. The molecule has 170 valence electrons. The summed E-state index contributed by atoms with van der Waals surface area (Å²) in [4.78, 5) is 23.5. The summed E-state index contributed by atoms with van der Waals surface area (Å²) in [5, 5.41) is 16.2. The summed E-state index contributed by atoms with van der Waals surface area (Å²) in [5.41, 5.74) is 7.18. The molecule has 30 heavy (non-hydrogen) atoms. The van der Waals surface area contributed by atoms with Crippen LogP contribution in [0.1, 0.15) is 39.5 Å². The van der Waals surface area contributed by atoms with Crippen LogP contribution in [0.4, 0.5) is 5.82 Å². The van der Waals surface area contributed by atoms with Crippen molar-refractivity contribution in [3.63, 3.8) is 0 Å². The van der Waals surface area contributed by atoms with Crippen molar-refractivity contribution in [1.82, 2.24) is 19.5 Å². The van der Waals surface area contributed by atoms with Gasteiger partial charge in [0.25, 0.3) is 0 Å². The number of ether oxygens (including phenoxy) is 2. The first-order valence-corrected chi connectivity index (χ1v) is 10.8. The van der Waals surface area contributed by atoms with E-state index in [1.165, 1.54) is 27.3 Å². The molecule has 0 aliphatic carbocycles. The van der Waals surface area contributed by atoms with Gasteiger partial charge in [-0.2, -0.15) is 11.8 Å². The fourth-order valence-electron chi connectivity index (χ4n) is 2.41. The van der Waals surface area contributed by atoms with E-state index >= 15 is 0 Å². The van der Waals surface area contributed by atoms with Gasteiger partial charge in [0.2, 0.25) is 0 Å². The molecular weight excluding hydrogens is 410 g/mol. The van der Waals surface area contributed by atoms with Gasteiger partial charge >= 0.3 is 5.97 Å². The van der Waals surface area contributed by atoms with Gasteiger partial charge in [-0.15, -0.1) is 0 Å². The zero-order valence-corrected chi connectivity index (χ0v) is 18.9. The van der Waals surface area contributed by atoms with E-state index in [-0.39, 0.29) is 12.1 Å². The molecule has 2 aromatic heterocycles. The molecule has 0 saturated heterocycles. The molecule has 0 aliphatic heterocycles. The summed E-state index contributed by atoms with van der Waals surface area (Å²) >= 11 is 1.84. The Balaban J connectivity index is 0.000000804. The number of hydrogen-bond acceptors (Lipinski definition) is 10. The van der Waals surface area contributed by atoms with Crippen molar-refractivity contribution in [3.05, 3.63) is 12.7 Å². The number of carbonyl (C=O) groups excluding carboxylic acids is 1. The molecule has 0 aliphatic rings. The minimum atomic E-state index is -1.50. The Bertz CT molecular complexity index is 759. The number of nitrogens with two attached hydrogens (primary N) is 1. The zero-order valence-electron chi connectivity index (χ0n) is 18.1. The summed E-state index contributed by atoms with van der Waals surface area (Å²) in [6.07, 6.45) is 6.56. The van der Waals surface area contributed by atoms with Gasteiger partial charge in [-0.05, 0) is 38.9 Å². The van der Waals surface area contributed by atoms with Crippen LogP contribution in [0.5, 0.6) is 0 Å². The van der Waals surface area contributed by atoms with Gasteiger partial charge in [0, 0.05) is 25.8 Å². The molecule has 2 aromatic rings. The monoisotopic (exact) mass is 443 g/mol. The van der Waals surface area contributed by atoms with E-state index in [1.54, 1.807) is 13.4 Å². The number of carbonyl (C=O) groups is 1. The topological polar surface area (TPSA) is 146 Å². The predicted octanol–water partition coefficient (Wildman–Crippen LogP) is 1.60. The van der Waals surface area contributed by atoms with Gasteiger partial charge < -0.3 is 30.0 Å². The summed E-state index contributed by atoms with van der Waals surface area (Å²) in [7, 11) is 3.15. The van der Waals surface area contributed by atoms with Crippen molar-refractivity contribution in [1.29, 1.82) is 0 Å². The molecule has 0 fully saturated rings. The van der Waals surface area contributed by atoms with Gasteiger partial charge in [0.1, 0.15) is 11.8 Å².